The van der Waals surface area contributed by atoms with Crippen LogP contribution in [0.4, 0.5) is 0 Å². The lowest BCUT2D eigenvalue weighted by molar-refractivity contribution is 0.406. The first kappa shape index (κ1) is 15.5. The minimum Gasteiger partial charge on any atom is -0.389 e. The first-order valence-corrected chi connectivity index (χ1v) is 7.06. The highest BCUT2D eigenvalue weighted by Gasteiger charge is 2.12. The molecule has 0 heterocycles. The summed E-state index contributed by atoms with van der Waals surface area (Å²) in [5.74, 6) is 1.33. The smallest absolute Gasteiger partial charge is 0.0143 e. The number of nitrogens with one attached hydrogen (secondary N) is 1. The van der Waals surface area contributed by atoms with Gasteiger partial charge in [0, 0.05) is 12.2 Å². The summed E-state index contributed by atoms with van der Waals surface area (Å²) in [4.78, 5) is 0. The zero-order valence-corrected chi connectivity index (χ0v) is 11.8. The van der Waals surface area contributed by atoms with E-state index in [1.807, 2.05) is 0 Å². The maximum absolute atomic E-state index is 4.15. The highest BCUT2D eigenvalue weighted by Crippen LogP contribution is 2.19. The van der Waals surface area contributed by atoms with E-state index in [0.717, 1.165) is 12.5 Å². The SMILES string of the molecule is C=C(NCCCCCCC)C(C)[C@@H](C)CC. The van der Waals surface area contributed by atoms with Crippen molar-refractivity contribution in [2.24, 2.45) is 11.8 Å². The van der Waals surface area contributed by atoms with E-state index in [-0.39, 0.29) is 0 Å². The molecule has 0 aliphatic rings. The summed E-state index contributed by atoms with van der Waals surface area (Å²) in [7, 11) is 0. The van der Waals surface area contributed by atoms with E-state index in [2.05, 4.69) is 39.6 Å². The molecule has 96 valence electrons. The molecule has 0 fully saturated rings. The molecule has 0 rings (SSSR count). The molecule has 0 saturated carbocycles. The molecule has 0 amide bonds. The van der Waals surface area contributed by atoms with Crippen LogP contribution in [0.2, 0.25) is 0 Å². The van der Waals surface area contributed by atoms with Crippen molar-refractivity contribution >= 4 is 0 Å². The van der Waals surface area contributed by atoms with Gasteiger partial charge in [-0.3, -0.25) is 0 Å². The Kier molecular flexibility index (Phi) is 9.46. The highest BCUT2D eigenvalue weighted by molar-refractivity contribution is 4.97. The molecule has 0 aliphatic heterocycles. The zero-order valence-electron chi connectivity index (χ0n) is 11.8. The number of unbranched alkanes of at least 4 members (excludes halogenated alkanes) is 4. The van der Waals surface area contributed by atoms with Crippen molar-refractivity contribution in [1.82, 2.24) is 5.32 Å². The van der Waals surface area contributed by atoms with Gasteiger partial charge in [-0.25, -0.2) is 0 Å². The normalized spacial score (nSPS) is 14.5. The molecule has 0 bridgehead atoms. The summed E-state index contributed by atoms with van der Waals surface area (Å²) in [6.07, 6.45) is 7.96. The second-order valence-electron chi connectivity index (χ2n) is 5.04. The zero-order chi connectivity index (χ0) is 12.4. The van der Waals surface area contributed by atoms with Crippen molar-refractivity contribution in [3.8, 4) is 0 Å². The average molecular weight is 225 g/mol. The molecule has 0 aromatic heterocycles. The summed E-state index contributed by atoms with van der Waals surface area (Å²) in [6, 6.07) is 0. The van der Waals surface area contributed by atoms with Crippen molar-refractivity contribution in [3.05, 3.63) is 12.3 Å². The fourth-order valence-corrected chi connectivity index (χ4v) is 1.84. The third-order valence-electron chi connectivity index (χ3n) is 3.68. The van der Waals surface area contributed by atoms with Crippen LogP contribution in [-0.4, -0.2) is 6.54 Å². The van der Waals surface area contributed by atoms with E-state index in [1.165, 1.54) is 44.2 Å². The van der Waals surface area contributed by atoms with Gasteiger partial charge in [-0.15, -0.1) is 0 Å². The van der Waals surface area contributed by atoms with Gasteiger partial charge in [-0.1, -0.05) is 66.4 Å². The van der Waals surface area contributed by atoms with Gasteiger partial charge in [0.1, 0.15) is 0 Å². The van der Waals surface area contributed by atoms with Crippen LogP contribution < -0.4 is 5.32 Å². The maximum Gasteiger partial charge on any atom is 0.0143 e. The van der Waals surface area contributed by atoms with E-state index in [1.54, 1.807) is 0 Å². The van der Waals surface area contributed by atoms with Gasteiger partial charge in [0.2, 0.25) is 0 Å². The number of hydrogen-bond acceptors (Lipinski definition) is 1. The minimum atomic E-state index is 0.598. The van der Waals surface area contributed by atoms with Crippen LogP contribution in [0.3, 0.4) is 0 Å². The van der Waals surface area contributed by atoms with Gasteiger partial charge in [0.15, 0.2) is 0 Å². The van der Waals surface area contributed by atoms with Gasteiger partial charge in [-0.2, -0.15) is 0 Å². The Morgan fingerprint density at radius 3 is 2.25 bits per heavy atom. The van der Waals surface area contributed by atoms with Gasteiger partial charge in [-0.05, 0) is 18.3 Å². The molecule has 16 heavy (non-hydrogen) atoms. The van der Waals surface area contributed by atoms with E-state index < -0.39 is 0 Å². The average Bonchev–Trinajstić information content (AvgIpc) is 2.31. The van der Waals surface area contributed by atoms with E-state index in [9.17, 15) is 0 Å². The molecule has 0 spiro atoms. The summed E-state index contributed by atoms with van der Waals surface area (Å²) in [6.45, 7) is 14.3. The summed E-state index contributed by atoms with van der Waals surface area (Å²) in [5.41, 5.74) is 1.23. The molecule has 0 aromatic carbocycles. The molecule has 1 N–H and O–H groups in total. The first-order chi connectivity index (χ1) is 7.63. The van der Waals surface area contributed by atoms with Gasteiger partial charge >= 0.3 is 0 Å². The van der Waals surface area contributed by atoms with Crippen molar-refractivity contribution in [2.75, 3.05) is 6.54 Å². The molecule has 0 aliphatic carbocycles. The van der Waals surface area contributed by atoms with Crippen LogP contribution in [0.5, 0.6) is 0 Å². The Hall–Kier alpha value is -0.460. The van der Waals surface area contributed by atoms with Gasteiger partial charge < -0.3 is 5.32 Å². The molecule has 0 radical (unpaired) electrons. The van der Waals surface area contributed by atoms with Crippen LogP contribution >= 0.6 is 0 Å². The van der Waals surface area contributed by atoms with Crippen molar-refractivity contribution in [1.29, 1.82) is 0 Å². The van der Waals surface area contributed by atoms with E-state index in [0.29, 0.717) is 5.92 Å². The molecule has 1 unspecified atom stereocenters. The van der Waals surface area contributed by atoms with E-state index >= 15 is 0 Å². The van der Waals surface area contributed by atoms with Crippen molar-refractivity contribution in [2.45, 2.75) is 66.2 Å². The second kappa shape index (κ2) is 9.74. The fourth-order valence-electron chi connectivity index (χ4n) is 1.84. The third kappa shape index (κ3) is 6.92. The quantitative estimate of drug-likeness (QED) is 0.529. The Morgan fingerprint density at radius 1 is 1.06 bits per heavy atom. The lowest BCUT2D eigenvalue weighted by atomic mass is 9.91. The second-order valence-corrected chi connectivity index (χ2v) is 5.04. The van der Waals surface area contributed by atoms with Crippen LogP contribution in [0.15, 0.2) is 12.3 Å². The molecule has 2 atom stereocenters. The number of hydrogen-bond donors (Lipinski definition) is 1. The number of allylic oxidation sites excluding steroid dienone is 1. The van der Waals surface area contributed by atoms with Gasteiger partial charge in [0.25, 0.3) is 0 Å². The standard InChI is InChI=1S/C15H31N/c1-6-8-9-10-11-12-16-15(5)14(4)13(3)7-2/h13-14,16H,5-12H2,1-4H3/t13-,14?/m0/s1. The molecule has 1 heteroatoms. The Labute approximate surface area is 103 Å². The fraction of sp³-hybridized carbons (Fsp3) is 0.867. The molecule has 0 saturated heterocycles. The third-order valence-corrected chi connectivity index (χ3v) is 3.68. The van der Waals surface area contributed by atoms with E-state index in [4.69, 9.17) is 0 Å². The summed E-state index contributed by atoms with van der Waals surface area (Å²) in [5, 5.41) is 3.48. The lowest BCUT2D eigenvalue weighted by Gasteiger charge is -2.22. The molecular formula is C15H31N. The van der Waals surface area contributed by atoms with Crippen LogP contribution in [-0.2, 0) is 0 Å². The topological polar surface area (TPSA) is 12.0 Å². The summed E-state index contributed by atoms with van der Waals surface area (Å²) >= 11 is 0. The molecular weight excluding hydrogens is 194 g/mol. The van der Waals surface area contributed by atoms with Crippen LogP contribution in [0, 0.1) is 11.8 Å². The largest absolute Gasteiger partial charge is 0.389 e. The predicted octanol–water partition coefficient (Wildman–Crippen LogP) is 4.74. The van der Waals surface area contributed by atoms with Crippen molar-refractivity contribution in [3.63, 3.8) is 0 Å². The van der Waals surface area contributed by atoms with Gasteiger partial charge in [0.05, 0.1) is 0 Å². The number of rotatable bonds is 10. The maximum atomic E-state index is 4.15. The molecule has 0 aromatic rings. The first-order valence-electron chi connectivity index (χ1n) is 7.06. The predicted molar refractivity (Wildman–Crippen MR) is 74.5 cm³/mol. The van der Waals surface area contributed by atoms with Crippen LogP contribution in [0.25, 0.3) is 0 Å². The molecule has 1 nitrogen and oxygen atoms in total. The van der Waals surface area contributed by atoms with Crippen LogP contribution in [0.1, 0.15) is 66.2 Å². The monoisotopic (exact) mass is 225 g/mol. The Balaban J connectivity index is 3.50. The Bertz CT molecular complexity index is 174. The summed E-state index contributed by atoms with van der Waals surface area (Å²) < 4.78 is 0. The lowest BCUT2D eigenvalue weighted by Crippen LogP contribution is -2.22. The van der Waals surface area contributed by atoms with Crippen molar-refractivity contribution < 1.29 is 0 Å². The Morgan fingerprint density at radius 2 is 1.69 bits per heavy atom. The highest BCUT2D eigenvalue weighted by atomic mass is 14.9. The minimum absolute atomic E-state index is 0.598.